The molecule has 20 unspecified atom stereocenters. The number of cyclic esters (lactones) is 4. The van der Waals surface area contributed by atoms with Crippen molar-refractivity contribution in [2.24, 2.45) is 76.9 Å². The molecule has 13 heterocycles. The van der Waals surface area contributed by atoms with Gasteiger partial charge in [0.1, 0.15) is 12.2 Å². The standard InChI is InChI=1S/C10H14O2.C9H12O2.2C8H10O3.C8H12O2.C7H8O5.6C2H6/c11-10-8-2-6-1-7(3-8)5-9(4-6)12-10;10-9-8-3-5-1-6(4-11-9)7(8)2-5;9-8-6-2-5-1-4(3-10-8)7(6)11-5;9-8-7-4(3-10-8)5-1-2-6(7)11-5;9-8-7-3-1-2-6(4-7)5-10-8;8-4-1-3-5(12-4)6-7(11-3)10-2-9-6;6*1-2/h6-9H,1-5H2;5-8H,1-4H2;2*4-7H,1-3H2;6-7H,1-5H2;3,5-7H,1-2H2;6*1-2H3. The van der Waals surface area contributed by atoms with Crippen molar-refractivity contribution in [3.63, 3.8) is 0 Å². The highest BCUT2D eigenvalue weighted by Gasteiger charge is 2.58. The molecule has 13 saturated heterocycles. The Labute approximate surface area is 472 Å². The van der Waals surface area contributed by atoms with E-state index in [2.05, 4.69) is 0 Å². The molecule has 18 fully saturated rings. The van der Waals surface area contributed by atoms with Gasteiger partial charge in [0.25, 0.3) is 0 Å². The lowest BCUT2D eigenvalue weighted by Gasteiger charge is -2.35. The molecule has 0 spiro atoms. The molecule has 0 aromatic heterocycles. The van der Waals surface area contributed by atoms with Crippen LogP contribution in [0.15, 0.2) is 0 Å². The maximum atomic E-state index is 11.4. The highest BCUT2D eigenvalue weighted by atomic mass is 16.8. The molecule has 17 nitrogen and oxygen atoms in total. The van der Waals surface area contributed by atoms with Crippen molar-refractivity contribution >= 4 is 35.8 Å². The SMILES string of the molecule is CC.CC.CC.CC.CC.CC.O=C1CC2OC3OCOC3C2O1.O=C1OC2CC3CC(C2)CC1C3.O=C1OCC2C3CCC(O3)C12.O=C1OCC2CC3CC1C2C3.O=C1OCC2CC3CC1C2O3.O=C1OCC2CCCC1C2. The lowest BCUT2D eigenvalue weighted by Crippen LogP contribution is -2.41. The largest absolute Gasteiger partial charge is 0.465 e. The maximum absolute atomic E-state index is 11.4. The lowest BCUT2D eigenvalue weighted by atomic mass is 9.68. The molecule has 18 aliphatic rings. The minimum Gasteiger partial charge on any atom is -0.465 e. The molecular weight excluding hydrogens is 1020 g/mol. The average molecular weight is 1120 g/mol. The summed E-state index contributed by atoms with van der Waals surface area (Å²) in [6.07, 6.45) is 19.3. The summed E-state index contributed by atoms with van der Waals surface area (Å²) in [5.41, 5.74) is 0. The highest BCUT2D eigenvalue weighted by Crippen LogP contribution is 2.54. The van der Waals surface area contributed by atoms with Crippen molar-refractivity contribution in [2.75, 3.05) is 33.2 Å². The number of rotatable bonds is 0. The third-order valence-electron chi connectivity index (χ3n) is 18.5. The molecule has 5 aliphatic carbocycles. The zero-order valence-corrected chi connectivity index (χ0v) is 50.2. The van der Waals surface area contributed by atoms with E-state index in [1.54, 1.807) is 0 Å². The van der Waals surface area contributed by atoms with Crippen molar-refractivity contribution in [1.82, 2.24) is 0 Å². The van der Waals surface area contributed by atoms with Gasteiger partial charge in [-0.05, 0) is 132 Å². The Morgan fingerprint density at radius 1 is 0.380 bits per heavy atom. The van der Waals surface area contributed by atoms with Gasteiger partial charge in [-0.25, -0.2) is 0 Å². The molecule has 20 atom stereocenters. The Bertz CT molecular complexity index is 1880. The summed E-state index contributed by atoms with van der Waals surface area (Å²) in [6.45, 7) is 26.8. The van der Waals surface area contributed by atoms with Crippen LogP contribution in [0.3, 0.4) is 0 Å². The number of hydrogen-bond acceptors (Lipinski definition) is 17. The summed E-state index contributed by atoms with van der Waals surface area (Å²) in [7, 11) is 0. The van der Waals surface area contributed by atoms with Gasteiger partial charge in [0.15, 0.2) is 25.3 Å². The van der Waals surface area contributed by atoms with E-state index in [0.717, 1.165) is 101 Å². The molecule has 13 aliphatic heterocycles. The molecule has 0 aromatic carbocycles. The topological polar surface area (TPSA) is 204 Å². The zero-order chi connectivity index (χ0) is 57.5. The first kappa shape index (κ1) is 64.8. The Hall–Kier alpha value is -3.38. The van der Waals surface area contributed by atoms with Gasteiger partial charge >= 0.3 is 35.8 Å². The van der Waals surface area contributed by atoms with Crippen LogP contribution in [0.5, 0.6) is 0 Å². The van der Waals surface area contributed by atoms with E-state index in [-0.39, 0.29) is 109 Å². The fourth-order valence-corrected chi connectivity index (χ4v) is 15.6. The first-order valence-corrected chi connectivity index (χ1v) is 31.8. The molecule has 17 heteroatoms. The molecular formula is C62H102O17. The van der Waals surface area contributed by atoms with Crippen LogP contribution in [-0.2, 0) is 80.9 Å². The molecule has 5 saturated carbocycles. The van der Waals surface area contributed by atoms with Gasteiger partial charge in [-0.15, -0.1) is 0 Å². The molecule has 18 rings (SSSR count). The minimum atomic E-state index is -0.326. The smallest absolute Gasteiger partial charge is 0.312 e. The van der Waals surface area contributed by atoms with Crippen molar-refractivity contribution < 1.29 is 80.9 Å². The van der Waals surface area contributed by atoms with Crippen LogP contribution >= 0.6 is 0 Å². The Balaban J connectivity index is 0.000000147. The molecule has 12 bridgehead atoms. The number of hydrogen-bond donors (Lipinski definition) is 0. The molecule has 0 radical (unpaired) electrons. The van der Waals surface area contributed by atoms with Gasteiger partial charge in [-0.3, -0.25) is 28.8 Å². The van der Waals surface area contributed by atoms with Gasteiger partial charge in [0.05, 0.1) is 86.9 Å². The van der Waals surface area contributed by atoms with Crippen molar-refractivity contribution in [1.29, 1.82) is 0 Å². The van der Waals surface area contributed by atoms with Gasteiger partial charge in [-0.2, -0.15) is 0 Å². The molecule has 452 valence electrons. The zero-order valence-electron chi connectivity index (χ0n) is 50.2. The van der Waals surface area contributed by atoms with Crippen molar-refractivity contribution in [2.45, 2.75) is 247 Å². The summed E-state index contributed by atoms with van der Waals surface area (Å²) in [4.78, 5) is 66.8. The first-order chi connectivity index (χ1) is 38.6. The van der Waals surface area contributed by atoms with E-state index in [4.69, 9.17) is 52.1 Å². The van der Waals surface area contributed by atoms with E-state index in [1.165, 1.54) is 32.1 Å². The monoisotopic (exact) mass is 1120 g/mol. The Morgan fingerprint density at radius 2 is 1.01 bits per heavy atom. The van der Waals surface area contributed by atoms with Crippen LogP contribution in [-0.4, -0.2) is 124 Å². The fourth-order valence-electron chi connectivity index (χ4n) is 15.6. The molecule has 0 amide bonds. The Morgan fingerprint density at radius 3 is 1.66 bits per heavy atom. The van der Waals surface area contributed by atoms with E-state index in [1.807, 2.05) is 83.1 Å². The minimum absolute atomic E-state index is 0.0257. The Kier molecular flexibility index (Phi) is 25.7. The average Bonchev–Trinajstić information content (AvgIpc) is 4.43. The van der Waals surface area contributed by atoms with Gasteiger partial charge in [0.2, 0.25) is 0 Å². The van der Waals surface area contributed by atoms with Crippen LogP contribution in [0.4, 0.5) is 0 Å². The first-order valence-electron chi connectivity index (χ1n) is 31.8. The van der Waals surface area contributed by atoms with Gasteiger partial charge in [0, 0.05) is 11.8 Å². The lowest BCUT2D eigenvalue weighted by molar-refractivity contribution is -0.161. The number of carbonyl (C=O) groups excluding carboxylic acids is 6. The van der Waals surface area contributed by atoms with Crippen LogP contribution in [0.25, 0.3) is 0 Å². The molecule has 0 aromatic rings. The van der Waals surface area contributed by atoms with Crippen LogP contribution in [0.2, 0.25) is 0 Å². The quantitative estimate of drug-likeness (QED) is 0.163. The third-order valence-corrected chi connectivity index (χ3v) is 18.5. The van der Waals surface area contributed by atoms with Crippen molar-refractivity contribution in [3.8, 4) is 0 Å². The van der Waals surface area contributed by atoms with Crippen LogP contribution < -0.4 is 0 Å². The highest BCUT2D eigenvalue weighted by molar-refractivity contribution is 5.77. The predicted octanol–water partition coefficient (Wildman–Crippen LogP) is 10.5. The number of esters is 6. The van der Waals surface area contributed by atoms with Gasteiger partial charge < -0.3 is 52.1 Å². The van der Waals surface area contributed by atoms with Gasteiger partial charge in [-0.1, -0.05) is 89.5 Å². The third kappa shape index (κ3) is 15.1. The summed E-state index contributed by atoms with van der Waals surface area (Å²) in [5, 5.41) is 0. The molecule has 0 N–H and O–H groups in total. The second kappa shape index (κ2) is 31.3. The predicted molar refractivity (Wildman–Crippen MR) is 292 cm³/mol. The second-order valence-corrected chi connectivity index (χ2v) is 22.7. The maximum Gasteiger partial charge on any atom is 0.312 e. The van der Waals surface area contributed by atoms with E-state index in [0.29, 0.717) is 68.0 Å². The normalized spacial score (nSPS) is 42.8. The summed E-state index contributed by atoms with van der Waals surface area (Å²) in [6, 6.07) is 0. The number of fused-ring (bicyclic) bond motifs is 13. The molecule has 79 heavy (non-hydrogen) atoms. The number of carbonyl (C=O) groups is 6. The number of ether oxygens (including phenoxy) is 11. The van der Waals surface area contributed by atoms with Crippen LogP contribution in [0, 0.1) is 76.9 Å². The van der Waals surface area contributed by atoms with E-state index < -0.39 is 0 Å². The van der Waals surface area contributed by atoms with E-state index in [9.17, 15) is 28.8 Å². The fraction of sp³-hybridized carbons (Fsp3) is 0.903. The van der Waals surface area contributed by atoms with Crippen molar-refractivity contribution in [3.05, 3.63) is 0 Å². The second-order valence-electron chi connectivity index (χ2n) is 22.7. The van der Waals surface area contributed by atoms with E-state index >= 15 is 0 Å². The summed E-state index contributed by atoms with van der Waals surface area (Å²) in [5.74, 6) is 6.47. The van der Waals surface area contributed by atoms with Crippen LogP contribution in [0.1, 0.15) is 192 Å². The summed E-state index contributed by atoms with van der Waals surface area (Å²) >= 11 is 0. The summed E-state index contributed by atoms with van der Waals surface area (Å²) < 4.78 is 57.5.